The lowest BCUT2D eigenvalue weighted by Crippen LogP contribution is -2.36. The summed E-state index contributed by atoms with van der Waals surface area (Å²) < 4.78 is 7.05. The molecule has 0 bridgehead atoms. The summed E-state index contributed by atoms with van der Waals surface area (Å²) in [5, 5.41) is 3.54. The van der Waals surface area contributed by atoms with Crippen LogP contribution in [0.15, 0.2) is 22.7 Å². The zero-order valence-electron chi connectivity index (χ0n) is 11.8. The molecule has 1 aromatic carbocycles. The molecule has 1 atom stereocenters. The van der Waals surface area contributed by atoms with Crippen molar-refractivity contribution in [1.82, 2.24) is 5.32 Å². The molecule has 0 amide bonds. The molecule has 1 N–H and O–H groups in total. The van der Waals surface area contributed by atoms with Crippen LogP contribution in [0.1, 0.15) is 39.2 Å². The Bertz CT molecular complexity index is 364. The summed E-state index contributed by atoms with van der Waals surface area (Å²) in [5.41, 5.74) is 1.17. The molecular formula is C15H24BrNO. The smallest absolute Gasteiger partial charge is 0.122 e. The maximum absolute atomic E-state index is 5.96. The first-order valence-electron chi connectivity index (χ1n) is 6.73. The summed E-state index contributed by atoms with van der Waals surface area (Å²) in [5.74, 6) is 0.969. The number of benzene rings is 1. The lowest BCUT2D eigenvalue weighted by atomic mass is 10.1. The van der Waals surface area contributed by atoms with E-state index in [2.05, 4.69) is 55.0 Å². The molecule has 0 aromatic heterocycles. The zero-order chi connectivity index (χ0) is 13.5. The quantitative estimate of drug-likeness (QED) is 0.810. The van der Waals surface area contributed by atoms with Gasteiger partial charge in [0.05, 0.1) is 0 Å². The Kier molecular flexibility index (Phi) is 6.72. The molecule has 102 valence electrons. The Morgan fingerprint density at radius 3 is 2.50 bits per heavy atom. The average Bonchev–Trinajstić information content (AvgIpc) is 2.34. The molecule has 0 spiro atoms. The highest BCUT2D eigenvalue weighted by Crippen LogP contribution is 2.23. The van der Waals surface area contributed by atoms with Gasteiger partial charge in [0.15, 0.2) is 0 Å². The van der Waals surface area contributed by atoms with Gasteiger partial charge in [-0.2, -0.15) is 0 Å². The van der Waals surface area contributed by atoms with E-state index in [1.165, 1.54) is 18.4 Å². The highest BCUT2D eigenvalue weighted by Gasteiger charge is 2.09. The number of halogens is 1. The third-order valence-corrected chi connectivity index (χ3v) is 3.64. The molecule has 0 aliphatic heterocycles. The molecule has 0 saturated heterocycles. The van der Waals surface area contributed by atoms with Gasteiger partial charge >= 0.3 is 0 Å². The topological polar surface area (TPSA) is 21.3 Å². The fourth-order valence-corrected chi connectivity index (χ4v) is 2.39. The first-order chi connectivity index (χ1) is 8.56. The number of nitrogens with one attached hydrogen (secondary N) is 1. The van der Waals surface area contributed by atoms with Gasteiger partial charge in [0.25, 0.3) is 0 Å². The molecule has 0 heterocycles. The van der Waals surface area contributed by atoms with Crippen molar-refractivity contribution in [2.45, 2.75) is 52.7 Å². The van der Waals surface area contributed by atoms with Gasteiger partial charge in [-0.1, -0.05) is 29.8 Å². The standard InChI is InChI=1S/C15H24BrNO/c1-5-14(6-2)17-10-12(4)18-15-8-7-13(16)9-11(15)3/h7-9,12,14,17H,5-6,10H2,1-4H3. The second-order valence-electron chi connectivity index (χ2n) is 4.76. The van der Waals surface area contributed by atoms with Crippen LogP contribution in [0.25, 0.3) is 0 Å². The van der Waals surface area contributed by atoms with Crippen molar-refractivity contribution in [3.8, 4) is 5.75 Å². The average molecular weight is 314 g/mol. The van der Waals surface area contributed by atoms with Crippen LogP contribution < -0.4 is 10.1 Å². The van der Waals surface area contributed by atoms with Crippen molar-refractivity contribution in [3.05, 3.63) is 28.2 Å². The van der Waals surface area contributed by atoms with Gasteiger partial charge in [0, 0.05) is 17.1 Å². The highest BCUT2D eigenvalue weighted by molar-refractivity contribution is 9.10. The lowest BCUT2D eigenvalue weighted by Gasteiger charge is -2.20. The molecule has 0 aliphatic carbocycles. The molecule has 0 aliphatic rings. The molecule has 18 heavy (non-hydrogen) atoms. The molecular weight excluding hydrogens is 290 g/mol. The van der Waals surface area contributed by atoms with Crippen molar-refractivity contribution < 1.29 is 4.74 Å². The second-order valence-corrected chi connectivity index (χ2v) is 5.68. The predicted molar refractivity (Wildman–Crippen MR) is 81.3 cm³/mol. The monoisotopic (exact) mass is 313 g/mol. The summed E-state index contributed by atoms with van der Waals surface area (Å²) >= 11 is 3.46. The van der Waals surface area contributed by atoms with Gasteiger partial charge in [-0.25, -0.2) is 0 Å². The van der Waals surface area contributed by atoms with Gasteiger partial charge in [-0.3, -0.25) is 0 Å². The van der Waals surface area contributed by atoms with Crippen LogP contribution in [0.3, 0.4) is 0 Å². The molecule has 1 aromatic rings. The fraction of sp³-hybridized carbons (Fsp3) is 0.600. The maximum atomic E-state index is 5.96. The van der Waals surface area contributed by atoms with Crippen molar-refractivity contribution in [2.24, 2.45) is 0 Å². The van der Waals surface area contributed by atoms with Crippen LogP contribution in [0.4, 0.5) is 0 Å². The molecule has 1 unspecified atom stereocenters. The summed E-state index contributed by atoms with van der Waals surface area (Å²) in [4.78, 5) is 0. The van der Waals surface area contributed by atoms with Gasteiger partial charge < -0.3 is 10.1 Å². The number of hydrogen-bond acceptors (Lipinski definition) is 2. The van der Waals surface area contributed by atoms with Gasteiger partial charge in [0.1, 0.15) is 11.9 Å². The van der Waals surface area contributed by atoms with Gasteiger partial charge in [-0.15, -0.1) is 0 Å². The zero-order valence-corrected chi connectivity index (χ0v) is 13.4. The minimum Gasteiger partial charge on any atom is -0.489 e. The second kappa shape index (κ2) is 7.80. The van der Waals surface area contributed by atoms with Crippen LogP contribution in [-0.4, -0.2) is 18.7 Å². The minimum absolute atomic E-state index is 0.186. The van der Waals surface area contributed by atoms with Gasteiger partial charge in [0.2, 0.25) is 0 Å². The maximum Gasteiger partial charge on any atom is 0.122 e. The van der Waals surface area contributed by atoms with Crippen LogP contribution >= 0.6 is 15.9 Å². The summed E-state index contributed by atoms with van der Waals surface area (Å²) in [7, 11) is 0. The normalized spacial score (nSPS) is 12.8. The lowest BCUT2D eigenvalue weighted by molar-refractivity contribution is 0.209. The number of hydrogen-bond donors (Lipinski definition) is 1. The molecule has 0 fully saturated rings. The predicted octanol–water partition coefficient (Wildman–Crippen LogP) is 4.30. The third kappa shape index (κ3) is 4.99. The van der Waals surface area contributed by atoms with Crippen LogP contribution in [-0.2, 0) is 0 Å². The van der Waals surface area contributed by atoms with E-state index >= 15 is 0 Å². The van der Waals surface area contributed by atoms with E-state index in [1.54, 1.807) is 0 Å². The SMILES string of the molecule is CCC(CC)NCC(C)Oc1ccc(Br)cc1C. The van der Waals surface area contributed by atoms with Crippen LogP contribution in [0, 0.1) is 6.92 Å². The molecule has 0 saturated carbocycles. The Balaban J connectivity index is 2.46. The largest absolute Gasteiger partial charge is 0.489 e. The van der Waals surface area contributed by atoms with Crippen molar-refractivity contribution in [1.29, 1.82) is 0 Å². The Morgan fingerprint density at radius 2 is 1.94 bits per heavy atom. The number of rotatable bonds is 7. The first-order valence-corrected chi connectivity index (χ1v) is 7.52. The Morgan fingerprint density at radius 1 is 1.28 bits per heavy atom. The van der Waals surface area contributed by atoms with E-state index < -0.39 is 0 Å². The van der Waals surface area contributed by atoms with Gasteiger partial charge in [-0.05, 0) is 50.5 Å². The Hall–Kier alpha value is -0.540. The molecule has 3 heteroatoms. The molecule has 1 rings (SSSR count). The van der Waals surface area contributed by atoms with Crippen LogP contribution in [0.5, 0.6) is 5.75 Å². The van der Waals surface area contributed by atoms with Crippen molar-refractivity contribution in [3.63, 3.8) is 0 Å². The van der Waals surface area contributed by atoms with E-state index in [4.69, 9.17) is 4.74 Å². The molecule has 2 nitrogen and oxygen atoms in total. The van der Waals surface area contributed by atoms with Crippen LogP contribution in [0.2, 0.25) is 0 Å². The van der Waals surface area contributed by atoms with Crippen molar-refractivity contribution in [2.75, 3.05) is 6.54 Å². The van der Waals surface area contributed by atoms with E-state index in [-0.39, 0.29) is 6.10 Å². The third-order valence-electron chi connectivity index (χ3n) is 3.14. The summed E-state index contributed by atoms with van der Waals surface area (Å²) in [6.07, 6.45) is 2.52. The Labute approximate surface area is 119 Å². The summed E-state index contributed by atoms with van der Waals surface area (Å²) in [6.45, 7) is 9.50. The highest BCUT2D eigenvalue weighted by atomic mass is 79.9. The fourth-order valence-electron chi connectivity index (χ4n) is 1.91. The summed E-state index contributed by atoms with van der Waals surface area (Å²) in [6, 6.07) is 6.72. The van der Waals surface area contributed by atoms with E-state index in [9.17, 15) is 0 Å². The molecule has 0 radical (unpaired) electrons. The van der Waals surface area contributed by atoms with Crippen molar-refractivity contribution >= 4 is 15.9 Å². The van der Waals surface area contributed by atoms with E-state index in [0.29, 0.717) is 6.04 Å². The first kappa shape index (κ1) is 15.5. The minimum atomic E-state index is 0.186. The van der Waals surface area contributed by atoms with E-state index in [1.807, 2.05) is 12.1 Å². The van der Waals surface area contributed by atoms with E-state index in [0.717, 1.165) is 16.8 Å². The number of aryl methyl sites for hydroxylation is 1. The number of ether oxygens (including phenoxy) is 1.